The van der Waals surface area contributed by atoms with Crippen LogP contribution in [0.4, 0.5) is 0 Å². The highest BCUT2D eigenvalue weighted by Gasteiger charge is 2.37. The van der Waals surface area contributed by atoms with Crippen LogP contribution in [-0.4, -0.2) is 27.7 Å². The largest absolute Gasteiger partial charge is 0.387 e. The van der Waals surface area contributed by atoms with E-state index in [9.17, 15) is 15.0 Å². The van der Waals surface area contributed by atoms with Gasteiger partial charge in [0.2, 0.25) is 0 Å². The summed E-state index contributed by atoms with van der Waals surface area (Å²) in [6.45, 7) is 5.27. The summed E-state index contributed by atoms with van der Waals surface area (Å²) in [5, 5.41) is 19.1. The molecule has 0 radical (unpaired) electrons. The molecule has 0 amide bonds. The first kappa shape index (κ1) is 10.4. The predicted octanol–water partition coefficient (Wildman–Crippen LogP) is 0.653. The van der Waals surface area contributed by atoms with Gasteiger partial charge in [0.15, 0.2) is 5.78 Å². The lowest BCUT2D eigenvalue weighted by molar-refractivity contribution is -0.126. The van der Waals surface area contributed by atoms with Crippen LogP contribution in [-0.2, 0) is 4.79 Å². The van der Waals surface area contributed by atoms with E-state index in [1.165, 1.54) is 13.0 Å². The highest BCUT2D eigenvalue weighted by molar-refractivity contribution is 5.97. The van der Waals surface area contributed by atoms with E-state index in [1.54, 1.807) is 0 Å². The number of aliphatic hydroxyl groups is 2. The Morgan fingerprint density at radius 2 is 2.15 bits per heavy atom. The summed E-state index contributed by atoms with van der Waals surface area (Å²) >= 11 is 0. The first-order valence-electron chi connectivity index (χ1n) is 4.50. The van der Waals surface area contributed by atoms with Gasteiger partial charge >= 0.3 is 0 Å². The predicted molar refractivity (Wildman–Crippen MR) is 49.2 cm³/mol. The average Bonchev–Trinajstić information content (AvgIpc) is 1.95. The van der Waals surface area contributed by atoms with Crippen molar-refractivity contribution in [3.05, 3.63) is 11.6 Å². The van der Waals surface area contributed by atoms with E-state index >= 15 is 0 Å². The fourth-order valence-corrected chi connectivity index (χ4v) is 1.49. The van der Waals surface area contributed by atoms with Gasteiger partial charge in [-0.1, -0.05) is 13.8 Å². The van der Waals surface area contributed by atoms with Crippen molar-refractivity contribution in [2.75, 3.05) is 0 Å². The number of carbonyl (C=O) groups is 1. The monoisotopic (exact) mass is 184 g/mol. The maximum Gasteiger partial charge on any atom is 0.161 e. The highest BCUT2D eigenvalue weighted by atomic mass is 16.3. The molecule has 0 spiro atoms. The third-order valence-corrected chi connectivity index (χ3v) is 2.44. The Labute approximate surface area is 78.1 Å². The summed E-state index contributed by atoms with van der Waals surface area (Å²) in [7, 11) is 0. The van der Waals surface area contributed by atoms with E-state index in [1.807, 2.05) is 13.8 Å². The Morgan fingerprint density at radius 3 is 2.62 bits per heavy atom. The second-order valence-electron chi connectivity index (χ2n) is 4.18. The number of carbonyl (C=O) groups excluding carboxylic acids is 1. The van der Waals surface area contributed by atoms with E-state index in [4.69, 9.17) is 0 Å². The average molecular weight is 184 g/mol. The van der Waals surface area contributed by atoms with Crippen LogP contribution in [0.15, 0.2) is 11.6 Å². The molecular formula is C10H16O3. The zero-order valence-corrected chi connectivity index (χ0v) is 8.24. The van der Waals surface area contributed by atoms with Crippen molar-refractivity contribution in [1.82, 2.24) is 0 Å². The number of rotatable bonds is 1. The number of allylic oxidation sites excluding steroid dienone is 1. The quantitative estimate of drug-likeness (QED) is 0.629. The van der Waals surface area contributed by atoms with E-state index in [0.29, 0.717) is 5.57 Å². The van der Waals surface area contributed by atoms with Gasteiger partial charge in [-0.25, -0.2) is 0 Å². The Balaban J connectivity index is 2.97. The van der Waals surface area contributed by atoms with Crippen LogP contribution in [0.3, 0.4) is 0 Å². The van der Waals surface area contributed by atoms with Gasteiger partial charge in [-0.3, -0.25) is 4.79 Å². The standard InChI is InChI=1S/C10H16O3/c1-6(2)7-4-9(12)10(3,13)5-8(7)11/h4,6,9,12-13H,5H2,1-3H3/t9-,10-/m0/s1. The van der Waals surface area contributed by atoms with Gasteiger partial charge in [-0.05, 0) is 24.5 Å². The zero-order chi connectivity index (χ0) is 10.2. The Kier molecular flexibility index (Phi) is 2.59. The molecule has 0 saturated heterocycles. The van der Waals surface area contributed by atoms with Crippen molar-refractivity contribution >= 4 is 5.78 Å². The lowest BCUT2D eigenvalue weighted by atomic mass is 9.80. The minimum atomic E-state index is -1.30. The van der Waals surface area contributed by atoms with E-state index < -0.39 is 11.7 Å². The fourth-order valence-electron chi connectivity index (χ4n) is 1.49. The van der Waals surface area contributed by atoms with Crippen LogP contribution in [0.5, 0.6) is 0 Å². The fraction of sp³-hybridized carbons (Fsp3) is 0.700. The van der Waals surface area contributed by atoms with Crippen LogP contribution in [0.25, 0.3) is 0 Å². The van der Waals surface area contributed by atoms with E-state index in [-0.39, 0.29) is 18.1 Å². The second kappa shape index (κ2) is 3.24. The van der Waals surface area contributed by atoms with Crippen LogP contribution >= 0.6 is 0 Å². The Hall–Kier alpha value is -0.670. The maximum atomic E-state index is 11.5. The number of hydrogen-bond acceptors (Lipinski definition) is 3. The third-order valence-electron chi connectivity index (χ3n) is 2.44. The maximum absolute atomic E-state index is 11.5. The zero-order valence-electron chi connectivity index (χ0n) is 8.24. The van der Waals surface area contributed by atoms with Crippen LogP contribution < -0.4 is 0 Å². The van der Waals surface area contributed by atoms with Gasteiger partial charge in [0.05, 0.1) is 5.60 Å². The third kappa shape index (κ3) is 1.98. The molecule has 3 heteroatoms. The summed E-state index contributed by atoms with van der Waals surface area (Å²) in [5.41, 5.74) is -0.672. The normalized spacial score (nSPS) is 35.1. The Morgan fingerprint density at radius 1 is 1.62 bits per heavy atom. The molecule has 74 valence electrons. The molecule has 1 rings (SSSR count). The molecule has 0 aromatic carbocycles. The van der Waals surface area contributed by atoms with Crippen molar-refractivity contribution in [1.29, 1.82) is 0 Å². The summed E-state index contributed by atoms with van der Waals surface area (Å²) < 4.78 is 0. The molecule has 0 saturated carbocycles. The summed E-state index contributed by atoms with van der Waals surface area (Å²) in [6.07, 6.45) is 0.553. The van der Waals surface area contributed by atoms with Gasteiger partial charge < -0.3 is 10.2 Å². The molecule has 0 aromatic rings. The van der Waals surface area contributed by atoms with Crippen molar-refractivity contribution in [3.63, 3.8) is 0 Å². The van der Waals surface area contributed by atoms with Gasteiger partial charge in [0.1, 0.15) is 6.10 Å². The second-order valence-corrected chi connectivity index (χ2v) is 4.18. The Bertz CT molecular complexity index is 251. The molecule has 0 heterocycles. The molecule has 13 heavy (non-hydrogen) atoms. The summed E-state index contributed by atoms with van der Waals surface area (Å²) in [4.78, 5) is 11.5. The molecular weight excluding hydrogens is 168 g/mol. The minimum Gasteiger partial charge on any atom is -0.387 e. The summed E-state index contributed by atoms with van der Waals surface area (Å²) in [6, 6.07) is 0. The lowest BCUT2D eigenvalue weighted by Gasteiger charge is -2.32. The summed E-state index contributed by atoms with van der Waals surface area (Å²) in [5.74, 6) is 0.0450. The first-order valence-corrected chi connectivity index (χ1v) is 4.50. The SMILES string of the molecule is CC(C)C1=C[C@H](O)[C@@](C)(O)CC1=O. The highest BCUT2D eigenvalue weighted by Crippen LogP contribution is 2.28. The van der Waals surface area contributed by atoms with Crippen molar-refractivity contribution in [2.24, 2.45) is 5.92 Å². The smallest absolute Gasteiger partial charge is 0.161 e. The van der Waals surface area contributed by atoms with Crippen LogP contribution in [0.1, 0.15) is 27.2 Å². The number of ketones is 1. The molecule has 1 aliphatic carbocycles. The number of aliphatic hydroxyl groups excluding tert-OH is 1. The molecule has 2 N–H and O–H groups in total. The van der Waals surface area contributed by atoms with Gasteiger partial charge in [-0.2, -0.15) is 0 Å². The minimum absolute atomic E-state index is 0.0121. The van der Waals surface area contributed by atoms with Gasteiger partial charge in [0, 0.05) is 6.42 Å². The van der Waals surface area contributed by atoms with E-state index in [0.717, 1.165) is 0 Å². The molecule has 1 aliphatic rings. The van der Waals surface area contributed by atoms with Gasteiger partial charge in [-0.15, -0.1) is 0 Å². The lowest BCUT2D eigenvalue weighted by Crippen LogP contribution is -2.44. The molecule has 0 unspecified atom stereocenters. The first-order chi connectivity index (χ1) is 5.84. The van der Waals surface area contributed by atoms with E-state index in [2.05, 4.69) is 0 Å². The molecule has 0 aromatic heterocycles. The van der Waals surface area contributed by atoms with Crippen molar-refractivity contribution < 1.29 is 15.0 Å². The van der Waals surface area contributed by atoms with Crippen LogP contribution in [0, 0.1) is 5.92 Å². The van der Waals surface area contributed by atoms with Crippen molar-refractivity contribution in [3.8, 4) is 0 Å². The molecule has 2 atom stereocenters. The number of Topliss-reactive ketones (excluding diaryl/α,β-unsaturated/α-hetero) is 1. The number of hydrogen-bond donors (Lipinski definition) is 2. The molecule has 3 nitrogen and oxygen atoms in total. The topological polar surface area (TPSA) is 57.5 Å². The van der Waals surface area contributed by atoms with Crippen molar-refractivity contribution in [2.45, 2.75) is 38.9 Å². The molecule has 0 bridgehead atoms. The van der Waals surface area contributed by atoms with Gasteiger partial charge in [0.25, 0.3) is 0 Å². The molecule has 0 aliphatic heterocycles. The molecule has 0 fully saturated rings. The van der Waals surface area contributed by atoms with Crippen LogP contribution in [0.2, 0.25) is 0 Å².